The van der Waals surface area contributed by atoms with Gasteiger partial charge in [0.05, 0.1) is 0 Å². The lowest BCUT2D eigenvalue weighted by Crippen LogP contribution is -2.29. The first kappa shape index (κ1) is 11.1. The fraction of sp³-hybridized carbons (Fsp3) is 0.455. The predicted molar refractivity (Wildman–Crippen MR) is 52.9 cm³/mol. The summed E-state index contributed by atoms with van der Waals surface area (Å²) >= 11 is 0. The van der Waals surface area contributed by atoms with E-state index in [2.05, 4.69) is 0 Å². The maximum atomic E-state index is 13.2. The van der Waals surface area contributed by atoms with E-state index in [-0.39, 0.29) is 23.9 Å². The van der Waals surface area contributed by atoms with Crippen LogP contribution in [0.2, 0.25) is 0 Å². The number of benzene rings is 1. The first-order valence-corrected chi connectivity index (χ1v) is 4.71. The largest absolute Gasteiger partial charge is 0.327 e. The van der Waals surface area contributed by atoms with E-state index in [1.807, 2.05) is 13.8 Å². The van der Waals surface area contributed by atoms with Crippen molar-refractivity contribution >= 4 is 0 Å². The summed E-state index contributed by atoms with van der Waals surface area (Å²) in [5.41, 5.74) is 5.84. The SMILES string of the molecule is CC(C)C(N)Cc1c(F)cccc1F. The fourth-order valence-electron chi connectivity index (χ4n) is 1.20. The Bertz CT molecular complexity index is 290. The molecule has 2 N–H and O–H groups in total. The molecule has 1 unspecified atom stereocenters. The summed E-state index contributed by atoms with van der Waals surface area (Å²) in [4.78, 5) is 0. The Morgan fingerprint density at radius 3 is 2.14 bits per heavy atom. The van der Waals surface area contributed by atoms with Crippen LogP contribution in [0.15, 0.2) is 18.2 Å². The van der Waals surface area contributed by atoms with Crippen LogP contribution in [0.4, 0.5) is 8.78 Å². The summed E-state index contributed by atoms with van der Waals surface area (Å²) < 4.78 is 26.4. The second-order valence-electron chi connectivity index (χ2n) is 3.81. The first-order valence-electron chi connectivity index (χ1n) is 4.71. The van der Waals surface area contributed by atoms with Gasteiger partial charge in [0.25, 0.3) is 0 Å². The highest BCUT2D eigenvalue weighted by molar-refractivity contribution is 5.20. The van der Waals surface area contributed by atoms with Crippen LogP contribution in [0, 0.1) is 17.6 Å². The highest BCUT2D eigenvalue weighted by atomic mass is 19.1. The summed E-state index contributed by atoms with van der Waals surface area (Å²) in [5, 5.41) is 0. The van der Waals surface area contributed by atoms with Crippen molar-refractivity contribution in [3.8, 4) is 0 Å². The molecule has 78 valence electrons. The summed E-state index contributed by atoms with van der Waals surface area (Å²) in [6.07, 6.45) is 0.246. The van der Waals surface area contributed by atoms with E-state index in [1.54, 1.807) is 0 Å². The molecule has 1 nitrogen and oxygen atoms in total. The van der Waals surface area contributed by atoms with Crippen LogP contribution in [0.1, 0.15) is 19.4 Å². The molecule has 0 aliphatic carbocycles. The van der Waals surface area contributed by atoms with Crippen LogP contribution in [-0.4, -0.2) is 6.04 Å². The molecule has 1 atom stereocenters. The quantitative estimate of drug-likeness (QED) is 0.795. The maximum absolute atomic E-state index is 13.2. The predicted octanol–water partition coefficient (Wildman–Crippen LogP) is 2.49. The van der Waals surface area contributed by atoms with Gasteiger partial charge in [-0.25, -0.2) is 8.78 Å². The monoisotopic (exact) mass is 199 g/mol. The van der Waals surface area contributed by atoms with Crippen molar-refractivity contribution in [1.29, 1.82) is 0 Å². The van der Waals surface area contributed by atoms with Gasteiger partial charge in [-0.3, -0.25) is 0 Å². The second-order valence-corrected chi connectivity index (χ2v) is 3.81. The van der Waals surface area contributed by atoms with Gasteiger partial charge in [0, 0.05) is 11.6 Å². The molecular weight excluding hydrogens is 184 g/mol. The van der Waals surface area contributed by atoms with Crippen molar-refractivity contribution in [2.45, 2.75) is 26.3 Å². The van der Waals surface area contributed by atoms with Crippen molar-refractivity contribution in [2.75, 3.05) is 0 Å². The third-order valence-electron chi connectivity index (χ3n) is 2.36. The third-order valence-corrected chi connectivity index (χ3v) is 2.36. The Morgan fingerprint density at radius 2 is 1.71 bits per heavy atom. The van der Waals surface area contributed by atoms with Gasteiger partial charge in [0.15, 0.2) is 0 Å². The molecule has 1 aromatic carbocycles. The van der Waals surface area contributed by atoms with Gasteiger partial charge in [-0.15, -0.1) is 0 Å². The normalized spacial score (nSPS) is 13.3. The van der Waals surface area contributed by atoms with Gasteiger partial charge in [0.1, 0.15) is 11.6 Å². The minimum Gasteiger partial charge on any atom is -0.327 e. The lowest BCUT2D eigenvalue weighted by atomic mass is 9.97. The van der Waals surface area contributed by atoms with Crippen molar-refractivity contribution in [3.05, 3.63) is 35.4 Å². The van der Waals surface area contributed by atoms with Crippen LogP contribution in [0.3, 0.4) is 0 Å². The zero-order valence-electron chi connectivity index (χ0n) is 8.43. The van der Waals surface area contributed by atoms with Gasteiger partial charge >= 0.3 is 0 Å². The van der Waals surface area contributed by atoms with Gasteiger partial charge < -0.3 is 5.73 Å². The van der Waals surface area contributed by atoms with E-state index in [0.717, 1.165) is 0 Å². The van der Waals surface area contributed by atoms with Gasteiger partial charge in [0.2, 0.25) is 0 Å². The van der Waals surface area contributed by atoms with Gasteiger partial charge in [-0.2, -0.15) is 0 Å². The smallest absolute Gasteiger partial charge is 0.129 e. The zero-order valence-corrected chi connectivity index (χ0v) is 8.43. The minimum atomic E-state index is -0.513. The highest BCUT2D eigenvalue weighted by Gasteiger charge is 2.14. The highest BCUT2D eigenvalue weighted by Crippen LogP contribution is 2.15. The van der Waals surface area contributed by atoms with Crippen molar-refractivity contribution in [3.63, 3.8) is 0 Å². The molecule has 1 rings (SSSR count). The molecule has 0 amide bonds. The Labute approximate surface area is 82.9 Å². The van der Waals surface area contributed by atoms with Crippen molar-refractivity contribution < 1.29 is 8.78 Å². The molecule has 0 aliphatic heterocycles. The second kappa shape index (κ2) is 4.51. The third kappa shape index (κ3) is 2.51. The first-order chi connectivity index (χ1) is 6.52. The van der Waals surface area contributed by atoms with Crippen molar-refractivity contribution in [1.82, 2.24) is 0 Å². The molecule has 0 radical (unpaired) electrons. The molecule has 0 spiro atoms. The molecule has 3 heteroatoms. The van der Waals surface area contributed by atoms with Crippen LogP contribution in [0.25, 0.3) is 0 Å². The molecule has 0 bridgehead atoms. The van der Waals surface area contributed by atoms with E-state index in [0.29, 0.717) is 0 Å². The Kier molecular flexibility index (Phi) is 3.58. The molecule has 0 heterocycles. The molecule has 0 fully saturated rings. The molecule has 0 aliphatic rings. The number of halogens is 2. The molecule has 0 aromatic heterocycles. The zero-order chi connectivity index (χ0) is 10.7. The Hall–Kier alpha value is -0.960. The molecule has 1 aromatic rings. The Balaban J connectivity index is 2.85. The lowest BCUT2D eigenvalue weighted by molar-refractivity contribution is 0.464. The molecule has 0 saturated carbocycles. The van der Waals surface area contributed by atoms with Crippen LogP contribution < -0.4 is 5.73 Å². The van der Waals surface area contributed by atoms with Crippen LogP contribution in [0.5, 0.6) is 0 Å². The average Bonchev–Trinajstić information content (AvgIpc) is 2.11. The Morgan fingerprint density at radius 1 is 1.21 bits per heavy atom. The number of nitrogens with two attached hydrogens (primary N) is 1. The molecular formula is C11H15F2N. The molecule has 14 heavy (non-hydrogen) atoms. The standard InChI is InChI=1S/C11H15F2N/c1-7(2)11(14)6-8-9(12)4-3-5-10(8)13/h3-5,7,11H,6,14H2,1-2H3. The van der Waals surface area contributed by atoms with Crippen LogP contribution in [-0.2, 0) is 6.42 Å². The summed E-state index contributed by atoms with van der Waals surface area (Å²) in [6, 6.07) is 3.66. The van der Waals surface area contributed by atoms with Crippen LogP contribution >= 0.6 is 0 Å². The maximum Gasteiger partial charge on any atom is 0.129 e. The van der Waals surface area contributed by atoms with Gasteiger partial charge in [-0.1, -0.05) is 19.9 Å². The van der Waals surface area contributed by atoms with E-state index in [1.165, 1.54) is 18.2 Å². The lowest BCUT2D eigenvalue weighted by Gasteiger charge is -2.16. The van der Waals surface area contributed by atoms with Crippen molar-refractivity contribution in [2.24, 2.45) is 11.7 Å². The van der Waals surface area contributed by atoms with Gasteiger partial charge in [-0.05, 0) is 24.5 Å². The fourth-order valence-corrected chi connectivity index (χ4v) is 1.20. The average molecular weight is 199 g/mol. The van der Waals surface area contributed by atoms with E-state index in [9.17, 15) is 8.78 Å². The minimum absolute atomic E-state index is 0.0914. The summed E-state index contributed by atoms with van der Waals surface area (Å²) in [6.45, 7) is 3.87. The summed E-state index contributed by atoms with van der Waals surface area (Å²) in [5.74, 6) is -0.809. The summed E-state index contributed by atoms with van der Waals surface area (Å²) in [7, 11) is 0. The topological polar surface area (TPSA) is 26.0 Å². The number of rotatable bonds is 3. The van der Waals surface area contributed by atoms with E-state index in [4.69, 9.17) is 5.73 Å². The number of hydrogen-bond donors (Lipinski definition) is 1. The number of hydrogen-bond acceptors (Lipinski definition) is 1. The van der Waals surface area contributed by atoms with E-state index >= 15 is 0 Å². The van der Waals surface area contributed by atoms with E-state index < -0.39 is 11.6 Å². The molecule has 0 saturated heterocycles.